The maximum atomic E-state index is 2.53. The van der Waals surface area contributed by atoms with Crippen LogP contribution in [0, 0.1) is 5.41 Å². The number of benzene rings is 8. The highest BCUT2D eigenvalue weighted by Gasteiger charge is 2.41. The van der Waals surface area contributed by atoms with Crippen LogP contribution in [0.4, 0.5) is 17.1 Å². The van der Waals surface area contributed by atoms with E-state index in [1.54, 1.807) is 0 Å². The fourth-order valence-corrected chi connectivity index (χ4v) is 10.9. The van der Waals surface area contributed by atoms with Crippen molar-refractivity contribution in [2.24, 2.45) is 5.41 Å². The third-order valence-electron chi connectivity index (χ3n) is 13.8. The Kier molecular flexibility index (Phi) is 7.50. The Morgan fingerprint density at radius 3 is 1.97 bits per heavy atom. The Hall–Kier alpha value is -7.16. The lowest BCUT2D eigenvalue weighted by molar-refractivity contribution is 0.600. The summed E-state index contributed by atoms with van der Waals surface area (Å²) in [4.78, 5) is 2.41. The van der Waals surface area contributed by atoms with Crippen LogP contribution in [0.25, 0.3) is 66.6 Å². The molecule has 8 aromatic carbocycles. The molecular formula is C58H44N2. The minimum atomic E-state index is -0.228. The average Bonchev–Trinajstić information content (AvgIpc) is 3.76. The number of hydrogen-bond acceptors (Lipinski definition) is 1. The zero-order valence-corrected chi connectivity index (χ0v) is 34.2. The zero-order valence-electron chi connectivity index (χ0n) is 34.2. The van der Waals surface area contributed by atoms with E-state index in [-0.39, 0.29) is 10.8 Å². The molecule has 0 fully saturated rings. The van der Waals surface area contributed by atoms with Gasteiger partial charge in [0.05, 0.1) is 11.0 Å². The van der Waals surface area contributed by atoms with Crippen LogP contribution in [0.15, 0.2) is 194 Å². The lowest BCUT2D eigenvalue weighted by atomic mass is 9.62. The van der Waals surface area contributed by atoms with Crippen molar-refractivity contribution in [3.63, 3.8) is 0 Å². The van der Waals surface area contributed by atoms with Gasteiger partial charge in [0.15, 0.2) is 0 Å². The largest absolute Gasteiger partial charge is 0.310 e. The average molecular weight is 769 g/mol. The second-order valence-corrected chi connectivity index (χ2v) is 17.5. The second-order valence-electron chi connectivity index (χ2n) is 17.5. The molecule has 0 aliphatic heterocycles. The number of rotatable bonds is 5. The minimum Gasteiger partial charge on any atom is -0.310 e. The highest BCUT2D eigenvalue weighted by Crippen LogP contribution is 2.59. The fourth-order valence-electron chi connectivity index (χ4n) is 10.9. The van der Waals surface area contributed by atoms with Crippen LogP contribution in [-0.4, -0.2) is 4.57 Å². The number of fused-ring (bicyclic) bond motifs is 13. The van der Waals surface area contributed by atoms with E-state index in [2.05, 4.69) is 230 Å². The quantitative estimate of drug-likeness (QED) is 0.169. The van der Waals surface area contributed by atoms with E-state index >= 15 is 0 Å². The molecule has 0 amide bonds. The van der Waals surface area contributed by atoms with Crippen LogP contribution in [0.2, 0.25) is 0 Å². The first-order valence-electron chi connectivity index (χ1n) is 21.2. The first kappa shape index (κ1) is 34.8. The van der Waals surface area contributed by atoms with Crippen LogP contribution >= 0.6 is 0 Å². The predicted octanol–water partition coefficient (Wildman–Crippen LogP) is 15.6. The number of hydrogen-bond donors (Lipinski definition) is 0. The highest BCUT2D eigenvalue weighted by atomic mass is 15.1. The number of nitrogens with zero attached hydrogens (tertiary/aromatic N) is 2. The fraction of sp³-hybridized carbons (Fsp3) is 0.103. The lowest BCUT2D eigenvalue weighted by Gasteiger charge is -2.41. The van der Waals surface area contributed by atoms with E-state index in [9.17, 15) is 0 Å². The van der Waals surface area contributed by atoms with Gasteiger partial charge >= 0.3 is 0 Å². The van der Waals surface area contributed by atoms with Crippen LogP contribution in [0.5, 0.6) is 0 Å². The van der Waals surface area contributed by atoms with Gasteiger partial charge in [-0.25, -0.2) is 0 Å². The molecule has 0 N–H and O–H groups in total. The van der Waals surface area contributed by atoms with E-state index in [0.717, 1.165) is 17.8 Å². The Balaban J connectivity index is 1.05. The molecule has 3 aliphatic carbocycles. The van der Waals surface area contributed by atoms with Crippen molar-refractivity contribution < 1.29 is 0 Å². The van der Waals surface area contributed by atoms with Crippen molar-refractivity contribution in [1.29, 1.82) is 0 Å². The molecule has 3 aliphatic rings. The Morgan fingerprint density at radius 2 is 1.17 bits per heavy atom. The topological polar surface area (TPSA) is 8.17 Å². The molecule has 60 heavy (non-hydrogen) atoms. The van der Waals surface area contributed by atoms with Crippen molar-refractivity contribution in [3.05, 3.63) is 222 Å². The van der Waals surface area contributed by atoms with Gasteiger partial charge in [0.25, 0.3) is 0 Å². The van der Waals surface area contributed by atoms with Gasteiger partial charge in [-0.15, -0.1) is 0 Å². The van der Waals surface area contributed by atoms with E-state index in [1.807, 2.05) is 0 Å². The van der Waals surface area contributed by atoms with Gasteiger partial charge < -0.3 is 9.47 Å². The minimum absolute atomic E-state index is 0.0841. The summed E-state index contributed by atoms with van der Waals surface area (Å²) in [6.07, 6.45) is 10.5. The summed E-state index contributed by atoms with van der Waals surface area (Å²) in [6, 6.07) is 65.0. The van der Waals surface area contributed by atoms with Crippen LogP contribution < -0.4 is 4.90 Å². The van der Waals surface area contributed by atoms with E-state index < -0.39 is 0 Å². The molecule has 2 nitrogen and oxygen atoms in total. The molecule has 1 atom stereocenters. The summed E-state index contributed by atoms with van der Waals surface area (Å²) >= 11 is 0. The molecule has 0 spiro atoms. The molecule has 12 rings (SSSR count). The molecule has 1 heterocycles. The van der Waals surface area contributed by atoms with Gasteiger partial charge in [-0.3, -0.25) is 0 Å². The molecule has 9 aromatic rings. The SMILES string of the molecule is CC12CC=CC=C1c1c(c3ccccc3c3c1c1ccccc1n3-c1ccccc1)C=C2c1ccc(N(c2ccccc2)c2ccc3c(c2)C(C)(C)c2ccccc2-3)cc1. The monoisotopic (exact) mass is 768 g/mol. The smallest absolute Gasteiger partial charge is 0.0626 e. The van der Waals surface area contributed by atoms with Gasteiger partial charge in [0.2, 0.25) is 0 Å². The summed E-state index contributed by atoms with van der Waals surface area (Å²) in [5.74, 6) is 0. The van der Waals surface area contributed by atoms with Crippen LogP contribution in [-0.2, 0) is 5.41 Å². The molecular weight excluding hydrogens is 725 g/mol. The van der Waals surface area contributed by atoms with Gasteiger partial charge in [-0.05, 0) is 123 Å². The van der Waals surface area contributed by atoms with Crippen LogP contribution in [0.1, 0.15) is 55.0 Å². The standard InChI is InChI=1S/C58H44N2/c1-57(2)49-26-14-12-23-44(49)45-34-33-42(36-52(45)57)59(39-18-6-4-7-19-39)41-31-29-38(30-32-41)51-37-48-43-22-10-11-24-46(43)56-55(54(48)50-27-16-17-35-58(50,51)3)47-25-13-15-28-53(47)60(56)40-20-8-5-9-21-40/h4-34,36-37H,35H2,1-3H3. The Morgan fingerprint density at radius 1 is 0.533 bits per heavy atom. The number of para-hydroxylation sites is 3. The Labute approximate surface area is 351 Å². The second kappa shape index (κ2) is 12.9. The van der Waals surface area contributed by atoms with Gasteiger partial charge in [-0.1, -0.05) is 160 Å². The highest BCUT2D eigenvalue weighted by molar-refractivity contribution is 6.27. The molecule has 0 bridgehead atoms. The zero-order chi connectivity index (χ0) is 40.2. The number of anilines is 3. The first-order valence-corrected chi connectivity index (χ1v) is 21.2. The van der Waals surface area contributed by atoms with Crippen molar-refractivity contribution in [2.45, 2.75) is 32.6 Å². The summed E-state index contributed by atoms with van der Waals surface area (Å²) in [6.45, 7) is 7.18. The molecule has 0 radical (unpaired) electrons. The molecule has 286 valence electrons. The molecule has 0 saturated heterocycles. The van der Waals surface area contributed by atoms with E-state index in [4.69, 9.17) is 0 Å². The molecule has 2 heteroatoms. The van der Waals surface area contributed by atoms with E-state index in [0.29, 0.717) is 0 Å². The summed E-state index contributed by atoms with van der Waals surface area (Å²) < 4.78 is 2.49. The third-order valence-corrected chi connectivity index (χ3v) is 13.8. The van der Waals surface area contributed by atoms with Crippen molar-refractivity contribution in [2.75, 3.05) is 4.90 Å². The van der Waals surface area contributed by atoms with Crippen LogP contribution in [0.3, 0.4) is 0 Å². The van der Waals surface area contributed by atoms with Crippen molar-refractivity contribution in [3.8, 4) is 16.8 Å². The molecule has 1 unspecified atom stereocenters. The predicted molar refractivity (Wildman–Crippen MR) is 255 cm³/mol. The maximum absolute atomic E-state index is 2.53. The number of allylic oxidation sites excluding steroid dienone is 5. The summed E-state index contributed by atoms with van der Waals surface area (Å²) in [7, 11) is 0. The normalized spacial score (nSPS) is 17.2. The maximum Gasteiger partial charge on any atom is 0.0626 e. The van der Waals surface area contributed by atoms with Gasteiger partial charge in [0.1, 0.15) is 0 Å². The summed E-state index contributed by atoms with van der Waals surface area (Å²) in [5, 5.41) is 5.17. The lowest BCUT2D eigenvalue weighted by Crippen LogP contribution is -2.25. The van der Waals surface area contributed by atoms with E-state index in [1.165, 1.54) is 94.0 Å². The van der Waals surface area contributed by atoms with Gasteiger partial charge in [-0.2, -0.15) is 0 Å². The molecule has 0 saturated carbocycles. The first-order chi connectivity index (χ1) is 29.4. The molecule has 1 aromatic heterocycles. The Bertz CT molecular complexity index is 3300. The van der Waals surface area contributed by atoms with Crippen molar-refractivity contribution >= 4 is 66.9 Å². The van der Waals surface area contributed by atoms with Crippen molar-refractivity contribution in [1.82, 2.24) is 4.57 Å². The summed E-state index contributed by atoms with van der Waals surface area (Å²) in [5.41, 5.74) is 18.9. The third kappa shape index (κ3) is 4.88. The number of aromatic nitrogens is 1. The van der Waals surface area contributed by atoms with Gasteiger partial charge in [0, 0.05) is 49.7 Å².